The van der Waals surface area contributed by atoms with Crippen LogP contribution < -0.4 is 5.73 Å². The highest BCUT2D eigenvalue weighted by atomic mass is 16.7. The molecule has 1 aliphatic rings. The van der Waals surface area contributed by atoms with Crippen LogP contribution in [0.3, 0.4) is 0 Å². The van der Waals surface area contributed by atoms with Crippen molar-refractivity contribution in [2.24, 2.45) is 0 Å². The van der Waals surface area contributed by atoms with Crippen LogP contribution >= 0.6 is 0 Å². The number of hydrogen-bond donors (Lipinski definition) is 2. The van der Waals surface area contributed by atoms with E-state index in [9.17, 15) is 0 Å². The van der Waals surface area contributed by atoms with E-state index in [-0.39, 0.29) is 18.9 Å². The molecule has 1 saturated heterocycles. The predicted molar refractivity (Wildman–Crippen MR) is 61.3 cm³/mol. The highest BCUT2D eigenvalue weighted by Gasteiger charge is 2.35. The molecule has 1 fully saturated rings. The molecule has 8 nitrogen and oxygen atoms in total. The molecule has 8 heteroatoms. The second kappa shape index (κ2) is 4.16. The molecule has 0 saturated carbocycles. The van der Waals surface area contributed by atoms with Crippen LogP contribution in [0, 0.1) is 0 Å². The first-order valence-corrected chi connectivity index (χ1v) is 5.55. The topological polar surface area (TPSA) is 108 Å². The van der Waals surface area contributed by atoms with Gasteiger partial charge < -0.3 is 20.3 Å². The lowest BCUT2D eigenvalue weighted by molar-refractivity contribution is -0.101. The van der Waals surface area contributed by atoms with Crippen LogP contribution in [0.2, 0.25) is 0 Å². The number of fused-ring (bicyclic) bond motifs is 1. The number of aliphatic hydroxyl groups is 1. The van der Waals surface area contributed by atoms with E-state index in [4.69, 9.17) is 20.3 Å². The van der Waals surface area contributed by atoms with Gasteiger partial charge in [-0.3, -0.25) is 4.57 Å². The van der Waals surface area contributed by atoms with Gasteiger partial charge in [-0.25, -0.2) is 15.0 Å². The van der Waals surface area contributed by atoms with Crippen LogP contribution in [0.15, 0.2) is 12.7 Å². The zero-order valence-corrected chi connectivity index (χ0v) is 9.72. The van der Waals surface area contributed by atoms with Crippen LogP contribution in [0.25, 0.3) is 11.2 Å². The SMILES string of the molecule is C[C@@H]1O[C@H](CO)O[C@H]1n1cnc2c(N)ncnc21. The average molecular weight is 251 g/mol. The molecule has 0 amide bonds. The third-order valence-corrected chi connectivity index (χ3v) is 2.87. The summed E-state index contributed by atoms with van der Waals surface area (Å²) in [6.07, 6.45) is 1.73. The van der Waals surface area contributed by atoms with Crippen molar-refractivity contribution in [2.75, 3.05) is 12.3 Å². The summed E-state index contributed by atoms with van der Waals surface area (Å²) in [5.74, 6) is 0.323. The Kier molecular flexibility index (Phi) is 2.62. The van der Waals surface area contributed by atoms with Gasteiger partial charge in [0.2, 0.25) is 0 Å². The third-order valence-electron chi connectivity index (χ3n) is 2.87. The molecule has 0 bridgehead atoms. The monoisotopic (exact) mass is 251 g/mol. The van der Waals surface area contributed by atoms with E-state index < -0.39 is 6.29 Å². The van der Waals surface area contributed by atoms with Gasteiger partial charge >= 0.3 is 0 Å². The molecular formula is C10H13N5O3. The summed E-state index contributed by atoms with van der Waals surface area (Å²) in [6.45, 7) is 1.67. The first-order valence-electron chi connectivity index (χ1n) is 5.55. The Morgan fingerprint density at radius 2 is 2.22 bits per heavy atom. The first-order chi connectivity index (χ1) is 8.70. The lowest BCUT2D eigenvalue weighted by atomic mass is 10.3. The summed E-state index contributed by atoms with van der Waals surface area (Å²) < 4.78 is 12.7. The molecule has 0 aliphatic carbocycles. The highest BCUT2D eigenvalue weighted by Crippen LogP contribution is 2.30. The van der Waals surface area contributed by atoms with E-state index >= 15 is 0 Å². The molecule has 1 aliphatic heterocycles. The van der Waals surface area contributed by atoms with Gasteiger partial charge in [0.1, 0.15) is 17.9 Å². The van der Waals surface area contributed by atoms with E-state index in [0.717, 1.165) is 0 Å². The Morgan fingerprint density at radius 1 is 1.39 bits per heavy atom. The lowest BCUT2D eigenvalue weighted by Gasteiger charge is -2.14. The molecule has 2 aromatic heterocycles. The Labute approximate surface area is 102 Å². The summed E-state index contributed by atoms with van der Waals surface area (Å²) in [5, 5.41) is 9.04. The quantitative estimate of drug-likeness (QED) is 0.751. The number of nitrogens with zero attached hydrogens (tertiary/aromatic N) is 4. The van der Waals surface area contributed by atoms with E-state index in [1.165, 1.54) is 6.33 Å². The fourth-order valence-corrected chi connectivity index (χ4v) is 2.04. The van der Waals surface area contributed by atoms with Crippen molar-refractivity contribution in [1.29, 1.82) is 0 Å². The number of nitrogens with two attached hydrogens (primary N) is 1. The molecule has 3 N–H and O–H groups in total. The molecule has 3 rings (SSSR count). The number of rotatable bonds is 2. The molecule has 0 radical (unpaired) electrons. The Bertz CT molecular complexity index is 572. The molecule has 18 heavy (non-hydrogen) atoms. The fourth-order valence-electron chi connectivity index (χ4n) is 2.04. The highest BCUT2D eigenvalue weighted by molar-refractivity contribution is 5.81. The largest absolute Gasteiger partial charge is 0.391 e. The van der Waals surface area contributed by atoms with Crippen molar-refractivity contribution in [3.63, 3.8) is 0 Å². The molecule has 3 heterocycles. The molecule has 96 valence electrons. The van der Waals surface area contributed by atoms with Crippen molar-refractivity contribution in [1.82, 2.24) is 19.5 Å². The van der Waals surface area contributed by atoms with Crippen LogP contribution in [0.4, 0.5) is 5.82 Å². The molecule has 0 unspecified atom stereocenters. The van der Waals surface area contributed by atoms with Crippen molar-refractivity contribution >= 4 is 17.0 Å². The van der Waals surface area contributed by atoms with Crippen LogP contribution in [-0.4, -0.2) is 43.6 Å². The zero-order chi connectivity index (χ0) is 12.7. The van der Waals surface area contributed by atoms with Gasteiger partial charge in [-0.15, -0.1) is 0 Å². The molecule has 0 spiro atoms. The van der Waals surface area contributed by atoms with E-state index in [0.29, 0.717) is 17.0 Å². The Hall–Kier alpha value is -1.77. The predicted octanol–water partition coefficient (Wildman–Crippen LogP) is -0.339. The van der Waals surface area contributed by atoms with Gasteiger partial charge in [-0.1, -0.05) is 0 Å². The summed E-state index contributed by atoms with van der Waals surface area (Å²) in [5.41, 5.74) is 6.83. The maximum absolute atomic E-state index is 9.04. The summed E-state index contributed by atoms with van der Waals surface area (Å²) in [4.78, 5) is 12.2. The molecule has 2 aromatic rings. The van der Waals surface area contributed by atoms with Crippen LogP contribution in [0.5, 0.6) is 0 Å². The lowest BCUT2D eigenvalue weighted by Crippen LogP contribution is -2.17. The van der Waals surface area contributed by atoms with E-state index in [2.05, 4.69) is 15.0 Å². The Morgan fingerprint density at radius 3 is 2.94 bits per heavy atom. The maximum Gasteiger partial charge on any atom is 0.183 e. The van der Waals surface area contributed by atoms with Crippen LogP contribution in [0.1, 0.15) is 13.2 Å². The standard InChI is InChI=1S/C10H13N5O3/c1-5-10(18-6(2-16)17-5)15-4-14-7-8(11)12-3-13-9(7)15/h3-6,10,16H,2H2,1H3,(H2,11,12,13)/t5-,6-,10+/m0/s1. The number of hydrogen-bond acceptors (Lipinski definition) is 7. The number of anilines is 1. The Balaban J connectivity index is 2.02. The maximum atomic E-state index is 9.04. The number of aromatic nitrogens is 4. The van der Waals surface area contributed by atoms with Crippen molar-refractivity contribution < 1.29 is 14.6 Å². The van der Waals surface area contributed by atoms with Crippen LogP contribution in [-0.2, 0) is 9.47 Å². The van der Waals surface area contributed by atoms with Crippen molar-refractivity contribution in [2.45, 2.75) is 25.5 Å². The van der Waals surface area contributed by atoms with Gasteiger partial charge in [0.25, 0.3) is 0 Å². The van der Waals surface area contributed by atoms with Gasteiger partial charge in [0.15, 0.2) is 24.0 Å². The summed E-state index contributed by atoms with van der Waals surface area (Å²) in [7, 11) is 0. The molecule has 3 atom stereocenters. The minimum atomic E-state index is -0.623. The van der Waals surface area contributed by atoms with Gasteiger partial charge in [-0.05, 0) is 6.92 Å². The smallest absolute Gasteiger partial charge is 0.183 e. The zero-order valence-electron chi connectivity index (χ0n) is 9.72. The van der Waals surface area contributed by atoms with E-state index in [1.807, 2.05) is 6.92 Å². The minimum absolute atomic E-state index is 0.190. The average Bonchev–Trinajstić information content (AvgIpc) is 2.93. The normalized spacial score (nSPS) is 28.0. The van der Waals surface area contributed by atoms with Crippen molar-refractivity contribution in [3.05, 3.63) is 12.7 Å². The number of nitrogen functional groups attached to an aromatic ring is 1. The summed E-state index contributed by atoms with van der Waals surface area (Å²) >= 11 is 0. The number of aliphatic hydroxyl groups excluding tert-OH is 1. The second-order valence-electron chi connectivity index (χ2n) is 4.06. The van der Waals surface area contributed by atoms with Gasteiger partial charge in [0, 0.05) is 0 Å². The fraction of sp³-hybridized carbons (Fsp3) is 0.500. The first kappa shape index (κ1) is 11.3. The number of imidazole rings is 1. The summed E-state index contributed by atoms with van der Waals surface area (Å²) in [6, 6.07) is 0. The van der Waals surface area contributed by atoms with Gasteiger partial charge in [-0.2, -0.15) is 0 Å². The van der Waals surface area contributed by atoms with Gasteiger partial charge in [0.05, 0.1) is 12.9 Å². The third kappa shape index (κ3) is 1.62. The second-order valence-corrected chi connectivity index (χ2v) is 4.06. The minimum Gasteiger partial charge on any atom is -0.391 e. The molecular weight excluding hydrogens is 238 g/mol. The van der Waals surface area contributed by atoms with Crippen molar-refractivity contribution in [3.8, 4) is 0 Å². The number of ether oxygens (including phenoxy) is 2. The molecule has 0 aromatic carbocycles. The van der Waals surface area contributed by atoms with E-state index in [1.54, 1.807) is 10.9 Å².